The van der Waals surface area contributed by atoms with Crippen LogP contribution in [0.5, 0.6) is 0 Å². The Morgan fingerprint density at radius 3 is 2.67 bits per heavy atom. The number of fused-ring (bicyclic) bond motifs is 1. The number of carbonyl (C=O) groups excluding carboxylic acids is 1. The van der Waals surface area contributed by atoms with E-state index in [0.29, 0.717) is 10.7 Å². The molecule has 0 spiro atoms. The fourth-order valence-corrected chi connectivity index (χ4v) is 3.15. The fraction of sp³-hybridized carbons (Fsp3) is 0.167. The third kappa shape index (κ3) is 3.19. The fourth-order valence-electron chi connectivity index (χ4n) is 2.24. The van der Waals surface area contributed by atoms with Crippen LogP contribution in [0, 0.1) is 6.92 Å². The molecule has 0 unspecified atom stereocenters. The second kappa shape index (κ2) is 6.88. The summed E-state index contributed by atoms with van der Waals surface area (Å²) in [6.45, 7) is 3.90. The van der Waals surface area contributed by atoms with Crippen LogP contribution in [0.25, 0.3) is 5.65 Å². The molecule has 0 amide bonds. The highest BCUT2D eigenvalue weighted by Gasteiger charge is 2.21. The monoisotopic (exact) mass is 340 g/mol. The molecule has 0 radical (unpaired) electrons. The maximum atomic E-state index is 12.7. The Balaban J connectivity index is 2.16. The number of hydrogen-bond acceptors (Lipinski definition) is 5. The molecule has 0 aliphatic carbocycles. The highest BCUT2D eigenvalue weighted by atomic mass is 32.2. The first-order chi connectivity index (χ1) is 11.6. The van der Waals surface area contributed by atoms with E-state index in [4.69, 9.17) is 4.74 Å². The second-order valence-corrected chi connectivity index (χ2v) is 6.22. The zero-order chi connectivity index (χ0) is 17.1. The standard InChI is InChI=1S/C18H16N2O3S/c1-3-23-18(22)15-16(24-13-9-7-12(2)8-10-13)19-14-6-4-5-11-20(14)17(15)21/h4-11H,3H2,1-2H3. The number of benzene rings is 1. The zero-order valence-corrected chi connectivity index (χ0v) is 14.2. The summed E-state index contributed by atoms with van der Waals surface area (Å²) in [5.41, 5.74) is 1.17. The Hall–Kier alpha value is -2.60. The van der Waals surface area contributed by atoms with Crippen LogP contribution in [0.2, 0.25) is 0 Å². The van der Waals surface area contributed by atoms with Gasteiger partial charge in [0.05, 0.1) is 6.61 Å². The van der Waals surface area contributed by atoms with E-state index in [9.17, 15) is 9.59 Å². The van der Waals surface area contributed by atoms with Crippen LogP contribution < -0.4 is 5.56 Å². The minimum Gasteiger partial charge on any atom is -0.462 e. The van der Waals surface area contributed by atoms with E-state index in [-0.39, 0.29) is 12.2 Å². The molecule has 0 fully saturated rings. The minimum absolute atomic E-state index is 0.0360. The number of esters is 1. The van der Waals surface area contributed by atoms with Gasteiger partial charge in [-0.3, -0.25) is 9.20 Å². The first-order valence-corrected chi connectivity index (χ1v) is 8.35. The number of aryl methyl sites for hydroxylation is 1. The summed E-state index contributed by atoms with van der Waals surface area (Å²) in [6.07, 6.45) is 1.59. The van der Waals surface area contributed by atoms with Crippen LogP contribution in [0.1, 0.15) is 22.8 Å². The van der Waals surface area contributed by atoms with Crippen molar-refractivity contribution in [1.82, 2.24) is 9.38 Å². The molecule has 1 aromatic carbocycles. The predicted octanol–water partition coefficient (Wildman–Crippen LogP) is 3.33. The summed E-state index contributed by atoms with van der Waals surface area (Å²) in [7, 11) is 0. The molecule has 122 valence electrons. The number of nitrogens with zero attached hydrogens (tertiary/aromatic N) is 2. The molecule has 0 atom stereocenters. The van der Waals surface area contributed by atoms with Gasteiger partial charge < -0.3 is 4.74 Å². The molecular formula is C18H16N2O3S. The summed E-state index contributed by atoms with van der Waals surface area (Å²) >= 11 is 1.28. The van der Waals surface area contributed by atoms with E-state index < -0.39 is 11.5 Å². The first kappa shape index (κ1) is 16.3. The Morgan fingerprint density at radius 2 is 1.96 bits per heavy atom. The summed E-state index contributed by atoms with van der Waals surface area (Å²) in [5.74, 6) is -0.650. The van der Waals surface area contributed by atoms with E-state index in [2.05, 4.69) is 4.98 Å². The molecule has 5 nitrogen and oxygen atoms in total. The van der Waals surface area contributed by atoms with Gasteiger partial charge in [0.25, 0.3) is 5.56 Å². The summed E-state index contributed by atoms with van der Waals surface area (Å²) < 4.78 is 6.40. The summed E-state index contributed by atoms with van der Waals surface area (Å²) in [5, 5.41) is 0.355. The van der Waals surface area contributed by atoms with Crippen molar-refractivity contribution in [1.29, 1.82) is 0 Å². The average Bonchev–Trinajstić information content (AvgIpc) is 2.57. The molecule has 0 aliphatic rings. The van der Waals surface area contributed by atoms with Crippen molar-refractivity contribution in [3.8, 4) is 0 Å². The maximum Gasteiger partial charge on any atom is 0.346 e. The highest BCUT2D eigenvalue weighted by molar-refractivity contribution is 7.99. The van der Waals surface area contributed by atoms with Crippen LogP contribution >= 0.6 is 11.8 Å². The normalized spacial score (nSPS) is 10.8. The van der Waals surface area contributed by atoms with Crippen LogP contribution in [-0.2, 0) is 4.74 Å². The molecule has 0 saturated carbocycles. The smallest absolute Gasteiger partial charge is 0.346 e. The number of hydrogen-bond donors (Lipinski definition) is 0. The number of carbonyl (C=O) groups is 1. The van der Waals surface area contributed by atoms with Crippen molar-refractivity contribution in [2.75, 3.05) is 6.61 Å². The molecule has 6 heteroatoms. The Labute approximate surface area is 143 Å². The first-order valence-electron chi connectivity index (χ1n) is 7.53. The van der Waals surface area contributed by atoms with E-state index in [1.165, 1.54) is 16.2 Å². The van der Waals surface area contributed by atoms with E-state index in [0.717, 1.165) is 10.5 Å². The molecule has 3 aromatic rings. The predicted molar refractivity (Wildman–Crippen MR) is 92.7 cm³/mol. The van der Waals surface area contributed by atoms with Gasteiger partial charge in [-0.15, -0.1) is 0 Å². The van der Waals surface area contributed by atoms with Gasteiger partial charge in [-0.1, -0.05) is 35.5 Å². The van der Waals surface area contributed by atoms with Crippen molar-refractivity contribution in [3.63, 3.8) is 0 Å². The summed E-state index contributed by atoms with van der Waals surface area (Å²) in [4.78, 5) is 30.4. The van der Waals surface area contributed by atoms with Crippen molar-refractivity contribution in [2.45, 2.75) is 23.8 Å². The van der Waals surface area contributed by atoms with Gasteiger partial charge in [0.2, 0.25) is 0 Å². The molecular weight excluding hydrogens is 324 g/mol. The lowest BCUT2D eigenvalue weighted by Gasteiger charge is -2.10. The Kier molecular flexibility index (Phi) is 4.66. The lowest BCUT2D eigenvalue weighted by atomic mass is 10.2. The zero-order valence-electron chi connectivity index (χ0n) is 13.4. The molecule has 3 rings (SSSR count). The average molecular weight is 340 g/mol. The highest BCUT2D eigenvalue weighted by Crippen LogP contribution is 2.28. The third-order valence-corrected chi connectivity index (χ3v) is 4.41. The van der Waals surface area contributed by atoms with Gasteiger partial charge in [-0.05, 0) is 38.1 Å². The Morgan fingerprint density at radius 1 is 1.21 bits per heavy atom. The van der Waals surface area contributed by atoms with Crippen molar-refractivity contribution in [2.24, 2.45) is 0 Å². The van der Waals surface area contributed by atoms with Crippen molar-refractivity contribution >= 4 is 23.4 Å². The maximum absolute atomic E-state index is 12.7. The van der Waals surface area contributed by atoms with Gasteiger partial charge >= 0.3 is 5.97 Å². The van der Waals surface area contributed by atoms with E-state index >= 15 is 0 Å². The van der Waals surface area contributed by atoms with Crippen molar-refractivity contribution < 1.29 is 9.53 Å². The molecule has 24 heavy (non-hydrogen) atoms. The molecule has 2 heterocycles. The van der Waals surface area contributed by atoms with Gasteiger partial charge in [0.1, 0.15) is 10.7 Å². The van der Waals surface area contributed by atoms with E-state index in [1.807, 2.05) is 31.2 Å². The topological polar surface area (TPSA) is 60.7 Å². The van der Waals surface area contributed by atoms with Crippen LogP contribution in [0.4, 0.5) is 0 Å². The van der Waals surface area contributed by atoms with Gasteiger partial charge in [-0.2, -0.15) is 0 Å². The lowest BCUT2D eigenvalue weighted by molar-refractivity contribution is 0.0519. The molecule has 0 saturated heterocycles. The van der Waals surface area contributed by atoms with Crippen LogP contribution in [0.3, 0.4) is 0 Å². The molecule has 0 bridgehead atoms. The quantitative estimate of drug-likeness (QED) is 0.538. The van der Waals surface area contributed by atoms with Crippen LogP contribution in [-0.4, -0.2) is 22.0 Å². The lowest BCUT2D eigenvalue weighted by Crippen LogP contribution is -2.25. The third-order valence-electron chi connectivity index (χ3n) is 3.42. The Bertz CT molecular complexity index is 949. The minimum atomic E-state index is -0.650. The number of pyridine rings is 1. The summed E-state index contributed by atoms with van der Waals surface area (Å²) in [6, 6.07) is 13.1. The van der Waals surface area contributed by atoms with Gasteiger partial charge in [0, 0.05) is 11.1 Å². The molecule has 0 N–H and O–H groups in total. The van der Waals surface area contributed by atoms with Crippen LogP contribution in [0.15, 0.2) is 63.4 Å². The van der Waals surface area contributed by atoms with Gasteiger partial charge in [-0.25, -0.2) is 9.78 Å². The largest absolute Gasteiger partial charge is 0.462 e. The second-order valence-electron chi connectivity index (χ2n) is 5.16. The van der Waals surface area contributed by atoms with E-state index in [1.54, 1.807) is 31.3 Å². The van der Waals surface area contributed by atoms with Crippen molar-refractivity contribution in [3.05, 3.63) is 70.1 Å². The van der Waals surface area contributed by atoms with Gasteiger partial charge in [0.15, 0.2) is 5.56 Å². The SMILES string of the molecule is CCOC(=O)c1c(Sc2ccc(C)cc2)nc2ccccn2c1=O. The number of rotatable bonds is 4. The molecule has 0 aliphatic heterocycles. The molecule has 2 aromatic heterocycles. The number of ether oxygens (including phenoxy) is 1. The number of aromatic nitrogens is 2.